The van der Waals surface area contributed by atoms with Gasteiger partial charge in [-0.15, -0.1) is 5.73 Å². The summed E-state index contributed by atoms with van der Waals surface area (Å²) in [5.41, 5.74) is 7.43. The first-order chi connectivity index (χ1) is 8.83. The summed E-state index contributed by atoms with van der Waals surface area (Å²) in [6.07, 6.45) is 3.22. The largest absolute Gasteiger partial charge is 0.120 e. The molecule has 1 aliphatic rings. The van der Waals surface area contributed by atoms with Gasteiger partial charge in [-0.25, -0.2) is 0 Å². The van der Waals surface area contributed by atoms with E-state index in [1.807, 2.05) is 6.07 Å². The molecule has 0 radical (unpaired) electrons. The average molecular weight is 297 g/mol. The lowest BCUT2D eigenvalue weighted by molar-refractivity contribution is 1.16. The van der Waals surface area contributed by atoms with E-state index in [0.717, 1.165) is 10.9 Å². The first kappa shape index (κ1) is 11.5. The van der Waals surface area contributed by atoms with E-state index in [2.05, 4.69) is 76.3 Å². The van der Waals surface area contributed by atoms with Crippen LogP contribution >= 0.6 is 15.9 Å². The van der Waals surface area contributed by atoms with E-state index in [1.165, 1.54) is 16.7 Å². The van der Waals surface area contributed by atoms with Gasteiger partial charge in [-0.3, -0.25) is 0 Å². The van der Waals surface area contributed by atoms with Gasteiger partial charge in [0.2, 0.25) is 0 Å². The van der Waals surface area contributed by atoms with Gasteiger partial charge in [0.05, 0.1) is 0 Å². The van der Waals surface area contributed by atoms with E-state index in [0.29, 0.717) is 5.92 Å². The molecule has 0 amide bonds. The van der Waals surface area contributed by atoms with Crippen LogP contribution in [0.1, 0.15) is 23.5 Å². The van der Waals surface area contributed by atoms with Crippen LogP contribution < -0.4 is 0 Å². The highest BCUT2D eigenvalue weighted by atomic mass is 79.9. The molecule has 0 saturated heterocycles. The maximum Gasteiger partial charge on any atom is 0.0175 e. The van der Waals surface area contributed by atoms with Gasteiger partial charge in [-0.1, -0.05) is 58.4 Å². The molecular formula is C17H13Br. The Morgan fingerprint density at radius 1 is 1.00 bits per heavy atom. The number of benzene rings is 2. The average Bonchev–Trinajstić information content (AvgIpc) is 3.18. The molecule has 18 heavy (non-hydrogen) atoms. The lowest BCUT2D eigenvalue weighted by Gasteiger charge is -1.95. The highest BCUT2D eigenvalue weighted by Crippen LogP contribution is 2.46. The zero-order valence-corrected chi connectivity index (χ0v) is 11.5. The van der Waals surface area contributed by atoms with Crippen LogP contribution in [0.15, 0.2) is 70.4 Å². The second-order valence-electron chi connectivity index (χ2n) is 4.53. The van der Waals surface area contributed by atoms with Crippen molar-refractivity contribution >= 4 is 22.0 Å². The standard InChI is InChI=1S/C17H13Br/c18-16-10-8-14(9-11-16)17-12-15(17)7-6-13-4-2-1-3-5-13/h1-6,8-11,17H,12H2. The summed E-state index contributed by atoms with van der Waals surface area (Å²) in [5.74, 6) is 0.582. The fourth-order valence-corrected chi connectivity index (χ4v) is 2.32. The number of halogens is 1. The fourth-order valence-electron chi connectivity index (χ4n) is 2.06. The Labute approximate surface area is 116 Å². The molecule has 1 atom stereocenters. The molecule has 0 aliphatic heterocycles. The van der Waals surface area contributed by atoms with Crippen molar-refractivity contribution in [1.82, 2.24) is 0 Å². The molecule has 0 heterocycles. The van der Waals surface area contributed by atoms with Gasteiger partial charge in [0.25, 0.3) is 0 Å². The first-order valence-electron chi connectivity index (χ1n) is 6.09. The highest BCUT2D eigenvalue weighted by Gasteiger charge is 2.30. The van der Waals surface area contributed by atoms with Crippen molar-refractivity contribution in [3.05, 3.63) is 81.5 Å². The fraction of sp³-hybridized carbons (Fsp3) is 0.118. The number of allylic oxidation sites excluding steroid dienone is 1. The molecule has 0 spiro atoms. The Morgan fingerprint density at radius 3 is 2.44 bits per heavy atom. The monoisotopic (exact) mass is 296 g/mol. The van der Waals surface area contributed by atoms with Crippen LogP contribution in [0.3, 0.4) is 0 Å². The predicted octanol–water partition coefficient (Wildman–Crippen LogP) is 5.18. The molecule has 1 fully saturated rings. The van der Waals surface area contributed by atoms with Crippen LogP contribution in [0.5, 0.6) is 0 Å². The molecule has 0 bridgehead atoms. The quantitative estimate of drug-likeness (QED) is 0.670. The van der Waals surface area contributed by atoms with Crippen molar-refractivity contribution in [2.75, 3.05) is 0 Å². The summed E-state index contributed by atoms with van der Waals surface area (Å²) in [6, 6.07) is 18.9. The molecule has 2 aromatic carbocycles. The van der Waals surface area contributed by atoms with Gasteiger partial charge in [-0.2, -0.15) is 0 Å². The Balaban J connectivity index is 1.78. The number of hydrogen-bond acceptors (Lipinski definition) is 0. The van der Waals surface area contributed by atoms with Gasteiger partial charge in [0.1, 0.15) is 0 Å². The third-order valence-electron chi connectivity index (χ3n) is 3.18. The molecule has 3 rings (SSSR count). The van der Waals surface area contributed by atoms with Crippen LogP contribution in [0, 0.1) is 0 Å². The van der Waals surface area contributed by atoms with E-state index in [4.69, 9.17) is 0 Å². The summed E-state index contributed by atoms with van der Waals surface area (Å²) < 4.78 is 1.14. The van der Waals surface area contributed by atoms with Crippen LogP contribution in [0.2, 0.25) is 0 Å². The minimum absolute atomic E-state index is 0.582. The molecular weight excluding hydrogens is 284 g/mol. The Hall–Kier alpha value is -1.56. The third-order valence-corrected chi connectivity index (χ3v) is 3.71. The van der Waals surface area contributed by atoms with E-state index in [1.54, 1.807) is 0 Å². The molecule has 1 heteroatoms. The van der Waals surface area contributed by atoms with Crippen molar-refractivity contribution in [2.24, 2.45) is 0 Å². The Bertz CT molecular complexity index is 602. The van der Waals surface area contributed by atoms with Gasteiger partial charge in [0, 0.05) is 10.4 Å². The Morgan fingerprint density at radius 2 is 1.72 bits per heavy atom. The molecule has 88 valence electrons. The molecule has 1 unspecified atom stereocenters. The smallest absolute Gasteiger partial charge is 0.0175 e. The lowest BCUT2D eigenvalue weighted by Crippen LogP contribution is -1.76. The first-order valence-corrected chi connectivity index (χ1v) is 6.88. The minimum Gasteiger partial charge on any atom is -0.120 e. The number of rotatable bonds is 2. The molecule has 0 N–H and O–H groups in total. The van der Waals surface area contributed by atoms with Crippen molar-refractivity contribution in [2.45, 2.75) is 12.3 Å². The topological polar surface area (TPSA) is 0 Å². The van der Waals surface area contributed by atoms with E-state index in [-0.39, 0.29) is 0 Å². The van der Waals surface area contributed by atoms with Crippen molar-refractivity contribution < 1.29 is 0 Å². The zero-order valence-electron chi connectivity index (χ0n) is 9.94. The summed E-state index contributed by atoms with van der Waals surface area (Å²) in [5, 5.41) is 0. The summed E-state index contributed by atoms with van der Waals surface area (Å²) in [7, 11) is 0. The van der Waals surface area contributed by atoms with E-state index >= 15 is 0 Å². The third kappa shape index (κ3) is 2.64. The van der Waals surface area contributed by atoms with Gasteiger partial charge >= 0.3 is 0 Å². The lowest BCUT2D eigenvalue weighted by atomic mass is 10.1. The van der Waals surface area contributed by atoms with Crippen LogP contribution in [-0.2, 0) is 0 Å². The van der Waals surface area contributed by atoms with Gasteiger partial charge < -0.3 is 0 Å². The summed E-state index contributed by atoms with van der Waals surface area (Å²) in [6.45, 7) is 0. The normalized spacial score (nSPS) is 17.2. The van der Waals surface area contributed by atoms with Crippen LogP contribution in [0.4, 0.5) is 0 Å². The van der Waals surface area contributed by atoms with Gasteiger partial charge in [0.15, 0.2) is 0 Å². The Kier molecular flexibility index (Phi) is 3.19. The molecule has 0 nitrogen and oxygen atoms in total. The second kappa shape index (κ2) is 4.97. The van der Waals surface area contributed by atoms with Gasteiger partial charge in [-0.05, 0) is 41.3 Å². The molecule has 1 saturated carbocycles. The predicted molar refractivity (Wildman–Crippen MR) is 79.4 cm³/mol. The minimum atomic E-state index is 0.582. The highest BCUT2D eigenvalue weighted by molar-refractivity contribution is 9.10. The van der Waals surface area contributed by atoms with Crippen molar-refractivity contribution in [1.29, 1.82) is 0 Å². The SMILES string of the molecule is Brc1ccc(C2CC2=C=Cc2ccccc2)cc1. The maximum absolute atomic E-state index is 3.46. The maximum atomic E-state index is 3.46. The summed E-state index contributed by atoms with van der Waals surface area (Å²) in [4.78, 5) is 0. The van der Waals surface area contributed by atoms with Crippen molar-refractivity contribution in [3.8, 4) is 0 Å². The van der Waals surface area contributed by atoms with Crippen molar-refractivity contribution in [3.63, 3.8) is 0 Å². The number of hydrogen-bond donors (Lipinski definition) is 0. The second-order valence-corrected chi connectivity index (χ2v) is 5.45. The van der Waals surface area contributed by atoms with Crippen LogP contribution in [-0.4, -0.2) is 0 Å². The zero-order chi connectivity index (χ0) is 12.4. The molecule has 1 aliphatic carbocycles. The summed E-state index contributed by atoms with van der Waals surface area (Å²) >= 11 is 3.46. The van der Waals surface area contributed by atoms with Crippen LogP contribution in [0.25, 0.3) is 6.08 Å². The molecule has 0 aromatic heterocycles. The van der Waals surface area contributed by atoms with E-state index in [9.17, 15) is 0 Å². The molecule has 2 aromatic rings. The van der Waals surface area contributed by atoms with E-state index < -0.39 is 0 Å².